The lowest BCUT2D eigenvalue weighted by atomic mass is 9.99. The molecular weight excluding hydrogens is 396 g/mol. The first-order valence-corrected chi connectivity index (χ1v) is 10.2. The summed E-state index contributed by atoms with van der Waals surface area (Å²) in [5, 5.41) is 0. The van der Waals surface area contributed by atoms with E-state index in [9.17, 15) is 9.59 Å². The summed E-state index contributed by atoms with van der Waals surface area (Å²) in [5.41, 5.74) is 4.22. The van der Waals surface area contributed by atoms with Gasteiger partial charge in [0, 0.05) is 19.2 Å². The first-order valence-electron chi connectivity index (χ1n) is 10.2. The summed E-state index contributed by atoms with van der Waals surface area (Å²) in [7, 11) is 3.06. The number of benzene rings is 2. The van der Waals surface area contributed by atoms with Gasteiger partial charge in [-0.2, -0.15) is 0 Å². The molecule has 0 spiro atoms. The molecule has 4 rings (SSSR count). The van der Waals surface area contributed by atoms with Crippen molar-refractivity contribution in [1.82, 2.24) is 4.90 Å². The van der Waals surface area contributed by atoms with Gasteiger partial charge in [0.15, 0.2) is 11.5 Å². The maximum Gasteiger partial charge on any atom is 0.282 e. The zero-order valence-corrected chi connectivity index (χ0v) is 18.2. The maximum absolute atomic E-state index is 13.6. The maximum atomic E-state index is 13.6. The van der Waals surface area contributed by atoms with Crippen molar-refractivity contribution in [2.24, 2.45) is 0 Å². The molecule has 2 aromatic carbocycles. The zero-order valence-electron chi connectivity index (χ0n) is 18.2. The lowest BCUT2D eigenvalue weighted by Gasteiger charge is -2.29. The number of carbonyl (C=O) groups is 2. The van der Waals surface area contributed by atoms with Crippen molar-refractivity contribution in [2.45, 2.75) is 13.8 Å². The summed E-state index contributed by atoms with van der Waals surface area (Å²) < 4.78 is 16.1. The largest absolute Gasteiger partial charge is 0.493 e. The highest BCUT2D eigenvalue weighted by Gasteiger charge is 2.43. The van der Waals surface area contributed by atoms with Crippen molar-refractivity contribution < 1.29 is 23.8 Å². The normalized spacial score (nSPS) is 16.9. The first kappa shape index (κ1) is 20.9. The molecule has 0 bridgehead atoms. The summed E-state index contributed by atoms with van der Waals surface area (Å²) in [4.78, 5) is 30.4. The molecule has 2 aliphatic heterocycles. The minimum Gasteiger partial charge on any atom is -0.493 e. The number of hydrogen-bond donors (Lipinski definition) is 0. The van der Waals surface area contributed by atoms with Crippen molar-refractivity contribution in [1.29, 1.82) is 0 Å². The van der Waals surface area contributed by atoms with Crippen LogP contribution in [0.1, 0.15) is 16.7 Å². The predicted molar refractivity (Wildman–Crippen MR) is 117 cm³/mol. The molecular formula is C24H26N2O5. The Morgan fingerprint density at radius 1 is 0.839 bits per heavy atom. The van der Waals surface area contributed by atoms with Gasteiger partial charge >= 0.3 is 0 Å². The van der Waals surface area contributed by atoms with Crippen molar-refractivity contribution >= 4 is 23.1 Å². The Balaban J connectivity index is 1.83. The highest BCUT2D eigenvalue weighted by molar-refractivity contribution is 6.45. The van der Waals surface area contributed by atoms with Gasteiger partial charge in [0.05, 0.1) is 38.7 Å². The van der Waals surface area contributed by atoms with Crippen LogP contribution < -0.4 is 14.4 Å². The fraction of sp³-hybridized carbons (Fsp3) is 0.333. The van der Waals surface area contributed by atoms with E-state index in [1.165, 1.54) is 12.0 Å². The molecule has 2 heterocycles. The topological polar surface area (TPSA) is 68.3 Å². The van der Waals surface area contributed by atoms with E-state index in [4.69, 9.17) is 14.2 Å². The number of rotatable bonds is 5. The van der Waals surface area contributed by atoms with Gasteiger partial charge in [-0.15, -0.1) is 0 Å². The molecule has 162 valence electrons. The summed E-state index contributed by atoms with van der Waals surface area (Å²) in [6, 6.07) is 10.9. The lowest BCUT2D eigenvalue weighted by Crippen LogP contribution is -2.40. The van der Waals surface area contributed by atoms with Gasteiger partial charge in [-0.25, -0.2) is 4.90 Å². The molecule has 0 radical (unpaired) electrons. The number of methoxy groups -OCH3 is 2. The standard InChI is InChI=1S/C24H26N2O5/c1-15-5-6-17(13-16(15)2)21-22(25-9-11-31-12-10-25)24(28)26(23(21)27)18-7-8-19(29-3)20(14-18)30-4/h5-8,13-14H,9-12H2,1-4H3. The highest BCUT2D eigenvalue weighted by Crippen LogP contribution is 2.38. The fourth-order valence-electron chi connectivity index (χ4n) is 3.95. The number of imide groups is 1. The molecule has 7 nitrogen and oxygen atoms in total. The van der Waals surface area contributed by atoms with E-state index in [1.54, 1.807) is 25.3 Å². The molecule has 2 aliphatic rings. The Kier molecular flexibility index (Phi) is 5.69. The minimum absolute atomic E-state index is 0.340. The molecule has 2 amide bonds. The van der Waals surface area contributed by atoms with Crippen LogP contribution in [0.4, 0.5) is 5.69 Å². The van der Waals surface area contributed by atoms with E-state index >= 15 is 0 Å². The third-order valence-corrected chi connectivity index (χ3v) is 5.81. The molecule has 1 fully saturated rings. The van der Waals surface area contributed by atoms with Crippen LogP contribution in [0.5, 0.6) is 11.5 Å². The zero-order chi connectivity index (χ0) is 22.1. The van der Waals surface area contributed by atoms with Crippen LogP contribution in [0.3, 0.4) is 0 Å². The van der Waals surface area contributed by atoms with Crippen LogP contribution in [0.2, 0.25) is 0 Å². The predicted octanol–water partition coefficient (Wildman–Crippen LogP) is 2.94. The van der Waals surface area contributed by atoms with E-state index in [0.29, 0.717) is 54.8 Å². The van der Waals surface area contributed by atoms with Crippen molar-refractivity contribution in [3.8, 4) is 11.5 Å². The van der Waals surface area contributed by atoms with Crippen LogP contribution in [0, 0.1) is 13.8 Å². The van der Waals surface area contributed by atoms with Crippen LogP contribution >= 0.6 is 0 Å². The van der Waals surface area contributed by atoms with E-state index in [1.807, 2.05) is 36.9 Å². The van der Waals surface area contributed by atoms with Gasteiger partial charge in [0.2, 0.25) is 0 Å². The second-order valence-electron chi connectivity index (χ2n) is 7.61. The molecule has 0 unspecified atom stereocenters. The van der Waals surface area contributed by atoms with Gasteiger partial charge in [-0.1, -0.05) is 18.2 Å². The second-order valence-corrected chi connectivity index (χ2v) is 7.61. The molecule has 0 aliphatic carbocycles. The van der Waals surface area contributed by atoms with Gasteiger partial charge in [0.25, 0.3) is 11.8 Å². The van der Waals surface area contributed by atoms with Gasteiger partial charge in [-0.05, 0) is 42.7 Å². The molecule has 0 aromatic heterocycles. The number of morpholine rings is 1. The third kappa shape index (κ3) is 3.65. The van der Waals surface area contributed by atoms with Gasteiger partial charge in [-0.3, -0.25) is 9.59 Å². The summed E-state index contributed by atoms with van der Waals surface area (Å²) >= 11 is 0. The summed E-state index contributed by atoms with van der Waals surface area (Å²) in [6.07, 6.45) is 0. The number of amides is 2. The third-order valence-electron chi connectivity index (χ3n) is 5.81. The Labute approximate surface area is 181 Å². The first-order chi connectivity index (χ1) is 15.0. The number of ether oxygens (including phenoxy) is 3. The summed E-state index contributed by atoms with van der Waals surface area (Å²) in [5.74, 6) is 0.295. The number of anilines is 1. The molecule has 31 heavy (non-hydrogen) atoms. The van der Waals surface area contributed by atoms with E-state index in [-0.39, 0.29) is 11.8 Å². The van der Waals surface area contributed by atoms with Crippen LogP contribution in [-0.4, -0.2) is 57.2 Å². The molecule has 0 atom stereocenters. The number of carbonyl (C=O) groups excluding carboxylic acids is 2. The average Bonchev–Trinajstić information content (AvgIpc) is 3.05. The van der Waals surface area contributed by atoms with Crippen molar-refractivity contribution in [2.75, 3.05) is 45.4 Å². The highest BCUT2D eigenvalue weighted by atomic mass is 16.5. The Hall–Kier alpha value is -3.32. The summed E-state index contributed by atoms with van der Waals surface area (Å²) in [6.45, 7) is 6.17. The number of nitrogens with zero attached hydrogens (tertiary/aromatic N) is 2. The molecule has 7 heteroatoms. The molecule has 0 saturated carbocycles. The van der Waals surface area contributed by atoms with Gasteiger partial charge in [0.1, 0.15) is 5.70 Å². The van der Waals surface area contributed by atoms with Crippen molar-refractivity contribution in [3.63, 3.8) is 0 Å². The Morgan fingerprint density at radius 3 is 2.19 bits per heavy atom. The second kappa shape index (κ2) is 8.43. The molecule has 0 N–H and O–H groups in total. The van der Waals surface area contributed by atoms with Crippen LogP contribution in [0.25, 0.3) is 5.57 Å². The van der Waals surface area contributed by atoms with Crippen LogP contribution in [0.15, 0.2) is 42.1 Å². The Morgan fingerprint density at radius 2 is 1.55 bits per heavy atom. The van der Waals surface area contributed by atoms with E-state index in [0.717, 1.165) is 16.7 Å². The lowest BCUT2D eigenvalue weighted by molar-refractivity contribution is -0.121. The van der Waals surface area contributed by atoms with Gasteiger partial charge < -0.3 is 19.1 Å². The smallest absolute Gasteiger partial charge is 0.282 e. The quantitative estimate of drug-likeness (QED) is 0.691. The average molecular weight is 422 g/mol. The Bertz CT molecular complexity index is 1070. The minimum atomic E-state index is -0.345. The van der Waals surface area contributed by atoms with Crippen molar-refractivity contribution in [3.05, 3.63) is 58.8 Å². The van der Waals surface area contributed by atoms with E-state index < -0.39 is 0 Å². The monoisotopic (exact) mass is 422 g/mol. The fourth-order valence-corrected chi connectivity index (χ4v) is 3.95. The number of aryl methyl sites for hydroxylation is 2. The SMILES string of the molecule is COc1ccc(N2C(=O)C(c3ccc(C)c(C)c3)=C(N3CCOCC3)C2=O)cc1OC. The van der Waals surface area contributed by atoms with E-state index in [2.05, 4.69) is 0 Å². The molecule has 1 saturated heterocycles. The molecule has 2 aromatic rings. The van der Waals surface area contributed by atoms with Crippen LogP contribution in [-0.2, 0) is 14.3 Å². The number of hydrogen-bond acceptors (Lipinski definition) is 6.